The highest BCUT2D eigenvalue weighted by atomic mass is 35.5. The summed E-state index contributed by atoms with van der Waals surface area (Å²) in [5.74, 6) is -0.610. The summed E-state index contributed by atoms with van der Waals surface area (Å²) in [5, 5.41) is 2.53. The first-order valence-corrected chi connectivity index (χ1v) is 10.1. The average molecular weight is 470 g/mol. The van der Waals surface area contributed by atoms with Crippen LogP contribution in [-0.4, -0.2) is 32.1 Å². The van der Waals surface area contributed by atoms with E-state index in [1.54, 1.807) is 24.3 Å². The number of halogens is 2. The molecule has 0 radical (unpaired) electrons. The Bertz CT molecular complexity index is 1480. The fourth-order valence-corrected chi connectivity index (χ4v) is 3.50. The number of aromatic nitrogens is 4. The Morgan fingerprint density at radius 2 is 1.91 bits per heavy atom. The van der Waals surface area contributed by atoms with E-state index in [1.165, 1.54) is 25.6 Å². The first-order chi connectivity index (χ1) is 15.9. The molecule has 2 aromatic heterocycles. The zero-order valence-corrected chi connectivity index (χ0v) is 18.0. The van der Waals surface area contributed by atoms with E-state index in [2.05, 4.69) is 15.3 Å². The van der Waals surface area contributed by atoms with Gasteiger partial charge in [-0.3, -0.25) is 18.7 Å². The van der Waals surface area contributed by atoms with Crippen LogP contribution in [0.5, 0.6) is 5.75 Å². The van der Waals surface area contributed by atoms with E-state index >= 15 is 0 Å². The monoisotopic (exact) mass is 469 g/mol. The molecule has 0 atom stereocenters. The molecule has 1 N–H and O–H groups in total. The number of carbonyl (C=O) groups is 1. The minimum atomic E-state index is -0.740. The van der Waals surface area contributed by atoms with Gasteiger partial charge in [-0.05, 0) is 35.9 Å². The third kappa shape index (κ3) is 4.60. The molecule has 11 heteroatoms. The Balaban J connectivity index is 1.75. The Morgan fingerprint density at radius 3 is 2.67 bits per heavy atom. The van der Waals surface area contributed by atoms with Crippen LogP contribution in [0, 0.1) is 5.82 Å². The van der Waals surface area contributed by atoms with Crippen molar-refractivity contribution >= 4 is 34.4 Å². The molecule has 0 aliphatic heterocycles. The van der Waals surface area contributed by atoms with Crippen molar-refractivity contribution in [3.05, 3.63) is 92.1 Å². The van der Waals surface area contributed by atoms with Crippen molar-refractivity contribution in [2.75, 3.05) is 12.4 Å². The standard InChI is InChI=1S/C22H17ClFN5O4/c1-33-15-4-2-3-13(9-15)11-29-21(31)19-20(26-8-7-25-19)28(22(29)32)12-18(30)27-17-6-5-14(24)10-16(17)23/h2-10H,11-12H2,1H3,(H,27,30). The van der Waals surface area contributed by atoms with Crippen LogP contribution in [0.3, 0.4) is 0 Å². The maximum atomic E-state index is 13.3. The smallest absolute Gasteiger partial charge is 0.333 e. The van der Waals surface area contributed by atoms with Gasteiger partial charge in [-0.2, -0.15) is 0 Å². The fraction of sp³-hybridized carbons (Fsp3) is 0.136. The SMILES string of the molecule is COc1cccc(Cn2c(=O)c3nccnc3n(CC(=O)Nc3ccc(F)cc3Cl)c2=O)c1. The lowest BCUT2D eigenvalue weighted by molar-refractivity contribution is -0.116. The van der Waals surface area contributed by atoms with E-state index in [-0.39, 0.29) is 28.4 Å². The highest BCUT2D eigenvalue weighted by molar-refractivity contribution is 6.33. The molecule has 0 unspecified atom stereocenters. The van der Waals surface area contributed by atoms with Crippen molar-refractivity contribution in [1.29, 1.82) is 0 Å². The predicted octanol–water partition coefficient (Wildman–Crippen LogP) is 2.44. The van der Waals surface area contributed by atoms with Gasteiger partial charge in [0.1, 0.15) is 18.1 Å². The summed E-state index contributed by atoms with van der Waals surface area (Å²) in [4.78, 5) is 47.0. The van der Waals surface area contributed by atoms with Crippen LogP contribution in [0.4, 0.5) is 10.1 Å². The molecular formula is C22H17ClFN5O4. The van der Waals surface area contributed by atoms with Crippen LogP contribution >= 0.6 is 11.6 Å². The predicted molar refractivity (Wildman–Crippen MR) is 120 cm³/mol. The molecule has 4 aromatic rings. The molecule has 1 amide bonds. The molecule has 33 heavy (non-hydrogen) atoms. The lowest BCUT2D eigenvalue weighted by Crippen LogP contribution is -2.42. The molecule has 0 bridgehead atoms. The molecule has 0 saturated heterocycles. The van der Waals surface area contributed by atoms with Gasteiger partial charge in [0.25, 0.3) is 5.56 Å². The summed E-state index contributed by atoms with van der Waals surface area (Å²) >= 11 is 5.96. The zero-order chi connectivity index (χ0) is 23.5. The number of hydrogen-bond donors (Lipinski definition) is 1. The van der Waals surface area contributed by atoms with Gasteiger partial charge in [0.15, 0.2) is 11.2 Å². The molecule has 4 rings (SSSR count). The van der Waals surface area contributed by atoms with Gasteiger partial charge in [-0.15, -0.1) is 0 Å². The van der Waals surface area contributed by atoms with Gasteiger partial charge >= 0.3 is 5.69 Å². The number of nitrogens with one attached hydrogen (secondary N) is 1. The molecule has 0 aliphatic carbocycles. The van der Waals surface area contributed by atoms with Crippen LogP contribution < -0.4 is 21.3 Å². The summed E-state index contributed by atoms with van der Waals surface area (Å²) in [6.07, 6.45) is 2.64. The quantitative estimate of drug-likeness (QED) is 0.464. The number of anilines is 1. The lowest BCUT2D eigenvalue weighted by atomic mass is 10.2. The van der Waals surface area contributed by atoms with E-state index in [1.807, 2.05) is 0 Å². The first-order valence-electron chi connectivity index (χ1n) is 9.69. The molecular weight excluding hydrogens is 453 g/mol. The van der Waals surface area contributed by atoms with Crippen molar-refractivity contribution in [1.82, 2.24) is 19.1 Å². The maximum Gasteiger partial charge on any atom is 0.333 e. The molecule has 0 fully saturated rings. The zero-order valence-electron chi connectivity index (χ0n) is 17.3. The van der Waals surface area contributed by atoms with Gasteiger partial charge in [0.05, 0.1) is 24.4 Å². The molecule has 0 aliphatic rings. The molecule has 0 spiro atoms. The normalized spacial score (nSPS) is 10.9. The van der Waals surface area contributed by atoms with Crippen LogP contribution in [-0.2, 0) is 17.9 Å². The molecule has 0 saturated carbocycles. The Hall–Kier alpha value is -4.05. The first kappa shape index (κ1) is 22.2. The maximum absolute atomic E-state index is 13.3. The van der Waals surface area contributed by atoms with Gasteiger partial charge in [-0.25, -0.2) is 19.2 Å². The summed E-state index contributed by atoms with van der Waals surface area (Å²) in [7, 11) is 1.51. The molecule has 9 nitrogen and oxygen atoms in total. The minimum absolute atomic E-state index is 0.00309. The van der Waals surface area contributed by atoms with E-state index in [9.17, 15) is 18.8 Å². The lowest BCUT2D eigenvalue weighted by Gasteiger charge is -2.14. The number of hydrogen-bond acceptors (Lipinski definition) is 6. The van der Waals surface area contributed by atoms with Crippen molar-refractivity contribution in [3.8, 4) is 5.75 Å². The Morgan fingerprint density at radius 1 is 1.12 bits per heavy atom. The second-order valence-corrected chi connectivity index (χ2v) is 7.42. The van der Waals surface area contributed by atoms with E-state index in [0.29, 0.717) is 11.3 Å². The average Bonchev–Trinajstić information content (AvgIpc) is 2.81. The van der Waals surface area contributed by atoms with E-state index in [4.69, 9.17) is 16.3 Å². The number of methoxy groups -OCH3 is 1. The third-order valence-corrected chi connectivity index (χ3v) is 5.14. The van der Waals surface area contributed by atoms with Gasteiger partial charge in [0, 0.05) is 12.4 Å². The van der Waals surface area contributed by atoms with Crippen LogP contribution in [0.15, 0.2) is 64.4 Å². The fourth-order valence-electron chi connectivity index (χ4n) is 3.29. The van der Waals surface area contributed by atoms with Crippen molar-refractivity contribution < 1.29 is 13.9 Å². The van der Waals surface area contributed by atoms with E-state index in [0.717, 1.165) is 21.3 Å². The van der Waals surface area contributed by atoms with Gasteiger partial charge in [0.2, 0.25) is 5.91 Å². The topological polar surface area (TPSA) is 108 Å². The summed E-state index contributed by atoms with van der Waals surface area (Å²) < 4.78 is 20.5. The second-order valence-electron chi connectivity index (χ2n) is 7.01. The van der Waals surface area contributed by atoms with Crippen molar-refractivity contribution in [2.45, 2.75) is 13.1 Å². The second kappa shape index (κ2) is 9.21. The van der Waals surface area contributed by atoms with Gasteiger partial charge < -0.3 is 10.1 Å². The summed E-state index contributed by atoms with van der Waals surface area (Å²) in [6.45, 7) is -0.535. The highest BCUT2D eigenvalue weighted by Crippen LogP contribution is 2.22. The highest BCUT2D eigenvalue weighted by Gasteiger charge is 2.18. The summed E-state index contributed by atoms with van der Waals surface area (Å²) in [5.41, 5.74) is -0.648. The number of carbonyl (C=O) groups excluding carboxylic acids is 1. The number of benzene rings is 2. The van der Waals surface area contributed by atoms with E-state index < -0.39 is 29.5 Å². The molecule has 2 aromatic carbocycles. The number of nitrogens with zero attached hydrogens (tertiary/aromatic N) is 4. The summed E-state index contributed by atoms with van der Waals surface area (Å²) in [6, 6.07) is 10.4. The Kier molecular flexibility index (Phi) is 6.18. The number of rotatable bonds is 6. The van der Waals surface area contributed by atoms with Gasteiger partial charge in [-0.1, -0.05) is 23.7 Å². The molecule has 2 heterocycles. The molecule has 168 valence electrons. The Labute approximate surface area is 191 Å². The van der Waals surface area contributed by atoms with Crippen LogP contribution in [0.1, 0.15) is 5.56 Å². The third-order valence-electron chi connectivity index (χ3n) is 4.83. The van der Waals surface area contributed by atoms with Crippen LogP contribution in [0.2, 0.25) is 5.02 Å². The number of fused-ring (bicyclic) bond motifs is 1. The van der Waals surface area contributed by atoms with Crippen molar-refractivity contribution in [3.63, 3.8) is 0 Å². The largest absolute Gasteiger partial charge is 0.497 e. The minimum Gasteiger partial charge on any atom is -0.497 e. The van der Waals surface area contributed by atoms with Crippen LogP contribution in [0.25, 0.3) is 11.2 Å². The number of amides is 1. The number of ether oxygens (including phenoxy) is 1. The van der Waals surface area contributed by atoms with Crippen molar-refractivity contribution in [2.24, 2.45) is 0 Å².